The van der Waals surface area contributed by atoms with Crippen LogP contribution in [0.1, 0.15) is 30.5 Å². The summed E-state index contributed by atoms with van der Waals surface area (Å²) in [6.45, 7) is 2.07. The number of methoxy groups -OCH3 is 2. The average Bonchev–Trinajstić information content (AvgIpc) is 3.24. The maximum absolute atomic E-state index is 14.4. The fraction of sp³-hybridized carbons (Fsp3) is 0.348. The summed E-state index contributed by atoms with van der Waals surface area (Å²) in [5, 5.41) is 8.44. The summed E-state index contributed by atoms with van der Waals surface area (Å²) < 4.78 is 25.1. The minimum Gasteiger partial charge on any atom is -0.493 e. The molecule has 0 saturated heterocycles. The van der Waals surface area contributed by atoms with E-state index >= 15 is 0 Å². The van der Waals surface area contributed by atoms with E-state index in [1.165, 1.54) is 30.1 Å². The van der Waals surface area contributed by atoms with Crippen molar-refractivity contribution in [1.29, 1.82) is 0 Å². The Hall–Kier alpha value is -3.62. The van der Waals surface area contributed by atoms with Gasteiger partial charge in [0, 0.05) is 25.6 Å². The van der Waals surface area contributed by atoms with E-state index in [0.29, 0.717) is 35.7 Å². The van der Waals surface area contributed by atoms with Crippen molar-refractivity contribution >= 4 is 17.6 Å². The number of hydrogen-bond donors (Lipinski definition) is 1. The van der Waals surface area contributed by atoms with E-state index < -0.39 is 11.9 Å². The quantitative estimate of drug-likeness (QED) is 0.714. The van der Waals surface area contributed by atoms with E-state index in [2.05, 4.69) is 10.4 Å². The number of nitrogens with one attached hydrogen (secondary N) is 1. The highest BCUT2D eigenvalue weighted by molar-refractivity contribution is 6.03. The van der Waals surface area contributed by atoms with E-state index in [0.717, 1.165) is 5.56 Å². The van der Waals surface area contributed by atoms with Crippen molar-refractivity contribution in [2.24, 2.45) is 5.10 Å². The third kappa shape index (κ3) is 4.82. The summed E-state index contributed by atoms with van der Waals surface area (Å²) in [5.74, 6) is 0.269. The van der Waals surface area contributed by atoms with Crippen LogP contribution in [0.5, 0.6) is 11.5 Å². The van der Waals surface area contributed by atoms with Gasteiger partial charge in [-0.05, 0) is 30.7 Å². The number of carbonyl (C=O) groups excluding carboxylic acids is 2. The van der Waals surface area contributed by atoms with E-state index in [9.17, 15) is 14.0 Å². The topological polar surface area (TPSA) is 83.5 Å². The lowest BCUT2D eigenvalue weighted by atomic mass is 9.97. The molecule has 1 N–H and O–H groups in total. The monoisotopic (exact) mass is 442 g/mol. The molecule has 1 heterocycles. The number of nitrogens with zero attached hydrogens (tertiary/aromatic N) is 3. The number of likely N-dealkylation sites (N-methyl/N-ethyl adjacent to an activating group) is 1. The normalized spacial score (nSPS) is 15.2. The largest absolute Gasteiger partial charge is 0.493 e. The van der Waals surface area contributed by atoms with Gasteiger partial charge >= 0.3 is 6.03 Å². The van der Waals surface area contributed by atoms with E-state index in [1.54, 1.807) is 44.4 Å². The lowest BCUT2D eigenvalue weighted by molar-refractivity contribution is -0.133. The van der Waals surface area contributed by atoms with Crippen LogP contribution in [0.2, 0.25) is 0 Å². The van der Waals surface area contributed by atoms with Crippen LogP contribution >= 0.6 is 0 Å². The first kappa shape index (κ1) is 23.1. The first-order chi connectivity index (χ1) is 15.4. The van der Waals surface area contributed by atoms with E-state index in [1.807, 2.05) is 6.07 Å². The van der Waals surface area contributed by atoms with Gasteiger partial charge in [-0.15, -0.1) is 0 Å². The summed E-state index contributed by atoms with van der Waals surface area (Å²) in [5.41, 5.74) is 1.55. The Morgan fingerprint density at radius 1 is 1.19 bits per heavy atom. The SMILES string of the molecule is CCNC(=O)N(C)CC(=O)N1N=C(c2ccccc2F)C[C@@H]1c1ccc(OC)c(OC)c1. The molecular formula is C23H27FN4O4. The van der Waals surface area contributed by atoms with Crippen molar-refractivity contribution in [3.63, 3.8) is 0 Å². The Morgan fingerprint density at radius 3 is 2.56 bits per heavy atom. The molecule has 32 heavy (non-hydrogen) atoms. The molecule has 1 aliphatic heterocycles. The second-order valence-electron chi connectivity index (χ2n) is 7.29. The first-order valence-corrected chi connectivity index (χ1v) is 10.2. The lowest BCUT2D eigenvalue weighted by Gasteiger charge is -2.25. The Kier molecular flexibility index (Phi) is 7.29. The number of rotatable bonds is 7. The number of hydrazone groups is 1. The molecule has 8 nitrogen and oxygen atoms in total. The molecule has 0 unspecified atom stereocenters. The van der Waals surface area contributed by atoms with Crippen molar-refractivity contribution in [3.05, 3.63) is 59.4 Å². The zero-order chi connectivity index (χ0) is 23.3. The van der Waals surface area contributed by atoms with Crippen LogP contribution in [0.4, 0.5) is 9.18 Å². The second-order valence-corrected chi connectivity index (χ2v) is 7.29. The maximum Gasteiger partial charge on any atom is 0.317 e. The van der Waals surface area contributed by atoms with Gasteiger partial charge in [0.25, 0.3) is 5.91 Å². The molecule has 2 aromatic carbocycles. The summed E-state index contributed by atoms with van der Waals surface area (Å²) in [6.07, 6.45) is 0.313. The smallest absolute Gasteiger partial charge is 0.317 e. The molecule has 1 atom stereocenters. The average molecular weight is 442 g/mol. The fourth-order valence-electron chi connectivity index (χ4n) is 3.55. The highest BCUT2D eigenvalue weighted by atomic mass is 19.1. The molecular weight excluding hydrogens is 415 g/mol. The van der Waals surface area contributed by atoms with Crippen LogP contribution in [0, 0.1) is 5.82 Å². The van der Waals surface area contributed by atoms with Crippen molar-refractivity contribution < 1.29 is 23.5 Å². The van der Waals surface area contributed by atoms with Crippen molar-refractivity contribution in [2.75, 3.05) is 34.4 Å². The highest BCUT2D eigenvalue weighted by Gasteiger charge is 2.35. The van der Waals surface area contributed by atoms with Gasteiger partial charge in [-0.25, -0.2) is 14.2 Å². The Balaban J connectivity index is 1.95. The molecule has 0 bridgehead atoms. The molecule has 9 heteroatoms. The van der Waals surface area contributed by atoms with Crippen LogP contribution in [0.3, 0.4) is 0 Å². The van der Waals surface area contributed by atoms with Crippen LogP contribution in [-0.4, -0.2) is 61.9 Å². The molecule has 0 radical (unpaired) electrons. The van der Waals surface area contributed by atoms with Crippen LogP contribution < -0.4 is 14.8 Å². The molecule has 0 saturated carbocycles. The zero-order valence-corrected chi connectivity index (χ0v) is 18.6. The van der Waals surface area contributed by atoms with Crippen LogP contribution in [-0.2, 0) is 4.79 Å². The van der Waals surface area contributed by atoms with Crippen LogP contribution in [0.25, 0.3) is 0 Å². The van der Waals surface area contributed by atoms with Gasteiger partial charge in [0.1, 0.15) is 12.4 Å². The Morgan fingerprint density at radius 2 is 1.91 bits per heavy atom. The van der Waals surface area contributed by atoms with Gasteiger partial charge < -0.3 is 19.7 Å². The number of ether oxygens (including phenoxy) is 2. The molecule has 170 valence electrons. The van der Waals surface area contributed by atoms with Crippen LogP contribution in [0.15, 0.2) is 47.6 Å². The van der Waals surface area contributed by atoms with Gasteiger partial charge in [-0.1, -0.05) is 24.3 Å². The number of halogens is 1. The minimum atomic E-state index is -0.487. The molecule has 0 aromatic heterocycles. The summed E-state index contributed by atoms with van der Waals surface area (Å²) in [6, 6.07) is 10.8. The van der Waals surface area contributed by atoms with Crippen molar-refractivity contribution in [1.82, 2.24) is 15.2 Å². The van der Waals surface area contributed by atoms with Gasteiger partial charge in [0.05, 0.1) is 26.0 Å². The van der Waals surface area contributed by atoms with Gasteiger partial charge in [0.15, 0.2) is 11.5 Å². The first-order valence-electron chi connectivity index (χ1n) is 10.2. The molecule has 0 spiro atoms. The van der Waals surface area contributed by atoms with Gasteiger partial charge in [0.2, 0.25) is 0 Å². The summed E-state index contributed by atoms with van der Waals surface area (Å²) in [7, 11) is 4.60. The zero-order valence-electron chi connectivity index (χ0n) is 18.6. The Labute approximate surface area is 186 Å². The lowest BCUT2D eigenvalue weighted by Crippen LogP contribution is -2.43. The van der Waals surface area contributed by atoms with Gasteiger partial charge in [-0.2, -0.15) is 5.10 Å². The third-order valence-electron chi connectivity index (χ3n) is 5.19. The van der Waals surface area contributed by atoms with Gasteiger partial charge in [-0.3, -0.25) is 4.79 Å². The third-order valence-corrected chi connectivity index (χ3v) is 5.19. The molecule has 0 aliphatic carbocycles. The predicted octanol–water partition coefficient (Wildman–Crippen LogP) is 3.18. The molecule has 2 aromatic rings. The summed E-state index contributed by atoms with van der Waals surface area (Å²) in [4.78, 5) is 26.5. The standard InChI is InChI=1S/C23H27FN4O4/c1-5-25-23(30)27(2)14-22(29)28-19(15-10-11-20(31-3)21(12-15)32-4)13-18(26-28)16-8-6-7-9-17(16)24/h6-12,19H,5,13-14H2,1-4H3,(H,25,30)/t19-/m1/s1. The van der Waals surface area contributed by atoms with E-state index in [4.69, 9.17) is 9.47 Å². The maximum atomic E-state index is 14.4. The highest BCUT2D eigenvalue weighted by Crippen LogP contribution is 2.37. The van der Waals surface area contributed by atoms with Crippen molar-refractivity contribution in [2.45, 2.75) is 19.4 Å². The molecule has 3 rings (SSSR count). The predicted molar refractivity (Wildman–Crippen MR) is 118 cm³/mol. The number of amides is 3. The second kappa shape index (κ2) is 10.1. The minimum absolute atomic E-state index is 0.177. The fourth-order valence-corrected chi connectivity index (χ4v) is 3.55. The number of urea groups is 1. The summed E-state index contributed by atoms with van der Waals surface area (Å²) >= 11 is 0. The number of benzene rings is 2. The number of carbonyl (C=O) groups is 2. The van der Waals surface area contributed by atoms with Crippen molar-refractivity contribution in [3.8, 4) is 11.5 Å². The molecule has 0 fully saturated rings. The van der Waals surface area contributed by atoms with E-state index in [-0.39, 0.29) is 18.5 Å². The molecule has 3 amide bonds. The Bertz CT molecular complexity index is 1030. The number of hydrogen-bond acceptors (Lipinski definition) is 5. The molecule has 1 aliphatic rings.